The van der Waals surface area contributed by atoms with E-state index in [1.165, 1.54) is 6.20 Å². The molecule has 0 atom stereocenters. The van der Waals surface area contributed by atoms with Crippen LogP contribution in [0, 0.1) is 11.3 Å². The average Bonchev–Trinajstić information content (AvgIpc) is 1.83. The van der Waals surface area contributed by atoms with E-state index in [0.29, 0.717) is 11.4 Å². The van der Waals surface area contributed by atoms with E-state index in [4.69, 9.17) is 11.0 Å². The van der Waals surface area contributed by atoms with Crippen molar-refractivity contribution in [3.63, 3.8) is 0 Å². The minimum atomic E-state index is 0.463. The van der Waals surface area contributed by atoms with Gasteiger partial charge in [0, 0.05) is 11.8 Å². The Bertz CT molecular complexity index is 179. The highest BCUT2D eigenvalue weighted by Gasteiger charge is 1.79. The molecule has 0 amide bonds. The number of allylic oxidation sites excluding steroid dienone is 1. The number of nitriles is 1. The van der Waals surface area contributed by atoms with Crippen molar-refractivity contribution < 1.29 is 0 Å². The summed E-state index contributed by atoms with van der Waals surface area (Å²) in [6.07, 6.45) is 1.44. The van der Waals surface area contributed by atoms with Gasteiger partial charge < -0.3 is 5.73 Å². The van der Waals surface area contributed by atoms with Gasteiger partial charge >= 0.3 is 0 Å². The third kappa shape index (κ3) is 4.56. The summed E-state index contributed by atoms with van der Waals surface area (Å²) in [5, 5.41) is 8.22. The molecule has 0 aromatic rings. The maximum atomic E-state index is 8.22. The van der Waals surface area contributed by atoms with E-state index in [-0.39, 0.29) is 0 Å². The Hall–Kier alpha value is -1.30. The molecule has 2 N–H and O–H groups in total. The molecule has 48 valence electrons. The molecule has 0 aromatic carbocycles. The summed E-state index contributed by atoms with van der Waals surface area (Å²) in [7, 11) is 0. The predicted molar refractivity (Wildman–Crippen MR) is 36.7 cm³/mol. The normalized spacial score (nSPS) is 13.0. The van der Waals surface area contributed by atoms with Crippen molar-refractivity contribution in [2.75, 3.05) is 0 Å². The van der Waals surface area contributed by atoms with E-state index < -0.39 is 0 Å². The van der Waals surface area contributed by atoms with Crippen molar-refractivity contribution in [2.45, 2.75) is 13.8 Å². The van der Waals surface area contributed by atoms with Crippen LogP contribution in [-0.4, -0.2) is 5.84 Å². The Labute approximate surface area is 54.5 Å². The maximum Gasteiger partial charge on any atom is 0.0960 e. The molecule has 0 aliphatic heterocycles. The molecule has 0 spiro atoms. The summed E-state index contributed by atoms with van der Waals surface area (Å²) in [6, 6.07) is 1.92. The SMILES string of the molecule is CC(N)=N/C=C(\C)C#N. The van der Waals surface area contributed by atoms with Gasteiger partial charge in [0.2, 0.25) is 0 Å². The second-order valence-corrected chi connectivity index (χ2v) is 1.69. The summed E-state index contributed by atoms with van der Waals surface area (Å²) in [6.45, 7) is 3.34. The second kappa shape index (κ2) is 3.67. The molecule has 0 radical (unpaired) electrons. The number of rotatable bonds is 1. The molecule has 3 nitrogen and oxygen atoms in total. The first-order valence-corrected chi connectivity index (χ1v) is 2.53. The van der Waals surface area contributed by atoms with Crippen LogP contribution in [0.4, 0.5) is 0 Å². The fourth-order valence-electron chi connectivity index (χ4n) is 0.228. The summed E-state index contributed by atoms with van der Waals surface area (Å²) in [5.74, 6) is 0.463. The molecule has 0 heterocycles. The van der Waals surface area contributed by atoms with Crippen molar-refractivity contribution in [3.8, 4) is 6.07 Å². The van der Waals surface area contributed by atoms with Gasteiger partial charge in [-0.25, -0.2) is 4.99 Å². The molecule has 0 bridgehead atoms. The van der Waals surface area contributed by atoms with Crippen LogP contribution in [0.3, 0.4) is 0 Å². The van der Waals surface area contributed by atoms with Gasteiger partial charge in [0.25, 0.3) is 0 Å². The largest absolute Gasteiger partial charge is 0.387 e. The smallest absolute Gasteiger partial charge is 0.0960 e. The minimum absolute atomic E-state index is 0.463. The molecule has 0 saturated heterocycles. The zero-order chi connectivity index (χ0) is 7.28. The molecular formula is C6H9N3. The van der Waals surface area contributed by atoms with Crippen LogP contribution in [0.25, 0.3) is 0 Å². The Morgan fingerprint density at radius 3 is 2.56 bits per heavy atom. The molecule has 3 heteroatoms. The van der Waals surface area contributed by atoms with Crippen molar-refractivity contribution >= 4 is 5.84 Å². The second-order valence-electron chi connectivity index (χ2n) is 1.69. The maximum absolute atomic E-state index is 8.22. The summed E-state index contributed by atoms with van der Waals surface area (Å²) < 4.78 is 0. The predicted octanol–water partition coefficient (Wildman–Crippen LogP) is 0.791. The Balaban J connectivity index is 4.03. The fourth-order valence-corrected chi connectivity index (χ4v) is 0.228. The number of hydrogen-bond donors (Lipinski definition) is 1. The lowest BCUT2D eigenvalue weighted by molar-refractivity contribution is 1.37. The van der Waals surface area contributed by atoms with Crippen LogP contribution in [0.5, 0.6) is 0 Å². The van der Waals surface area contributed by atoms with Crippen molar-refractivity contribution in [1.82, 2.24) is 0 Å². The molecular weight excluding hydrogens is 114 g/mol. The van der Waals surface area contributed by atoms with Gasteiger partial charge in [0.1, 0.15) is 0 Å². The first-order valence-electron chi connectivity index (χ1n) is 2.53. The molecule has 9 heavy (non-hydrogen) atoms. The summed E-state index contributed by atoms with van der Waals surface area (Å²) in [5.41, 5.74) is 5.75. The highest BCUT2D eigenvalue weighted by Crippen LogP contribution is 1.87. The third-order valence-electron chi connectivity index (χ3n) is 0.638. The first-order chi connectivity index (χ1) is 4.16. The van der Waals surface area contributed by atoms with Crippen molar-refractivity contribution in [2.24, 2.45) is 10.7 Å². The molecule has 0 aliphatic rings. The molecule has 0 aliphatic carbocycles. The van der Waals surface area contributed by atoms with Gasteiger partial charge in [0.15, 0.2) is 0 Å². The Morgan fingerprint density at radius 1 is 1.67 bits per heavy atom. The van der Waals surface area contributed by atoms with E-state index >= 15 is 0 Å². The Kier molecular flexibility index (Phi) is 3.14. The zero-order valence-corrected chi connectivity index (χ0v) is 5.55. The van der Waals surface area contributed by atoms with Crippen LogP contribution in [0.15, 0.2) is 16.8 Å². The summed E-state index contributed by atoms with van der Waals surface area (Å²) in [4.78, 5) is 3.71. The van der Waals surface area contributed by atoms with Crippen LogP contribution in [0.2, 0.25) is 0 Å². The number of nitrogens with zero attached hydrogens (tertiary/aromatic N) is 2. The van der Waals surface area contributed by atoms with Crippen LogP contribution in [0.1, 0.15) is 13.8 Å². The standard InChI is InChI=1S/C6H9N3/c1-5(3-7)4-9-6(2)8/h4H,1-2H3,(H2,8,9)/b5-4+. The number of aliphatic imine (C=N–C) groups is 1. The average molecular weight is 123 g/mol. The first kappa shape index (κ1) is 7.70. The Morgan fingerprint density at radius 2 is 2.22 bits per heavy atom. The van der Waals surface area contributed by atoms with Gasteiger partial charge in [-0.05, 0) is 13.8 Å². The lowest BCUT2D eigenvalue weighted by Gasteiger charge is -1.82. The summed E-state index contributed by atoms with van der Waals surface area (Å²) >= 11 is 0. The van der Waals surface area contributed by atoms with Crippen molar-refractivity contribution in [1.29, 1.82) is 5.26 Å². The lowest BCUT2D eigenvalue weighted by Crippen LogP contribution is -2.03. The van der Waals surface area contributed by atoms with E-state index in [2.05, 4.69) is 4.99 Å². The highest BCUT2D eigenvalue weighted by molar-refractivity contribution is 5.78. The van der Waals surface area contributed by atoms with E-state index in [0.717, 1.165) is 0 Å². The van der Waals surface area contributed by atoms with Gasteiger partial charge in [0.05, 0.1) is 11.9 Å². The van der Waals surface area contributed by atoms with E-state index in [1.807, 2.05) is 6.07 Å². The van der Waals surface area contributed by atoms with Crippen molar-refractivity contribution in [3.05, 3.63) is 11.8 Å². The molecule has 0 rings (SSSR count). The molecule has 0 unspecified atom stereocenters. The fraction of sp³-hybridized carbons (Fsp3) is 0.333. The number of hydrogen-bond acceptors (Lipinski definition) is 2. The zero-order valence-electron chi connectivity index (χ0n) is 5.55. The molecule has 0 fully saturated rings. The topological polar surface area (TPSA) is 62.2 Å². The highest BCUT2D eigenvalue weighted by atomic mass is 14.8. The lowest BCUT2D eigenvalue weighted by atomic mass is 10.4. The van der Waals surface area contributed by atoms with Crippen LogP contribution < -0.4 is 5.73 Å². The van der Waals surface area contributed by atoms with Gasteiger partial charge in [-0.2, -0.15) is 5.26 Å². The van der Waals surface area contributed by atoms with E-state index in [9.17, 15) is 0 Å². The van der Waals surface area contributed by atoms with Crippen LogP contribution in [-0.2, 0) is 0 Å². The molecule has 0 aromatic heterocycles. The minimum Gasteiger partial charge on any atom is -0.387 e. The quantitative estimate of drug-likeness (QED) is 0.318. The number of nitrogens with two attached hydrogens (primary N) is 1. The van der Waals surface area contributed by atoms with Crippen LogP contribution >= 0.6 is 0 Å². The van der Waals surface area contributed by atoms with E-state index in [1.54, 1.807) is 13.8 Å². The number of amidine groups is 1. The van der Waals surface area contributed by atoms with Gasteiger partial charge in [-0.3, -0.25) is 0 Å². The third-order valence-corrected chi connectivity index (χ3v) is 0.638. The van der Waals surface area contributed by atoms with Gasteiger partial charge in [-0.1, -0.05) is 0 Å². The monoisotopic (exact) mass is 123 g/mol. The molecule has 0 saturated carbocycles. The van der Waals surface area contributed by atoms with Gasteiger partial charge in [-0.15, -0.1) is 0 Å².